The van der Waals surface area contributed by atoms with Gasteiger partial charge in [0.2, 0.25) is 11.0 Å². The van der Waals surface area contributed by atoms with E-state index in [9.17, 15) is 13.6 Å². The molecule has 1 atom stereocenters. The SMILES string of the molecule is O=C(Nc1nnc(-c2cccc(Cl)c2)s1)C1CC(F)(F)CN1. The Bertz CT molecular complexity index is 709. The molecule has 1 unspecified atom stereocenters. The first-order valence-electron chi connectivity index (χ1n) is 6.44. The van der Waals surface area contributed by atoms with Gasteiger partial charge in [-0.05, 0) is 12.1 Å². The fraction of sp³-hybridized carbons (Fsp3) is 0.308. The topological polar surface area (TPSA) is 66.9 Å². The highest BCUT2D eigenvalue weighted by atomic mass is 35.5. The molecule has 0 saturated carbocycles. The molecular formula is C13H11ClF2N4OS. The van der Waals surface area contributed by atoms with Crippen LogP contribution < -0.4 is 10.6 Å². The minimum Gasteiger partial charge on any atom is -0.300 e. The number of anilines is 1. The molecule has 1 fully saturated rings. The summed E-state index contributed by atoms with van der Waals surface area (Å²) < 4.78 is 26.2. The predicted octanol–water partition coefficient (Wildman–Crippen LogP) is 2.79. The lowest BCUT2D eigenvalue weighted by Crippen LogP contribution is -2.35. The number of nitrogens with one attached hydrogen (secondary N) is 2. The van der Waals surface area contributed by atoms with E-state index < -0.39 is 30.8 Å². The average Bonchev–Trinajstić information content (AvgIpc) is 3.05. The number of carbonyl (C=O) groups excluding carboxylic acids is 1. The van der Waals surface area contributed by atoms with Gasteiger partial charge >= 0.3 is 0 Å². The number of aromatic nitrogens is 2. The highest BCUT2D eigenvalue weighted by molar-refractivity contribution is 7.18. The van der Waals surface area contributed by atoms with Crippen LogP contribution in [0.1, 0.15) is 6.42 Å². The average molecular weight is 345 g/mol. The Morgan fingerprint density at radius 1 is 1.45 bits per heavy atom. The Balaban J connectivity index is 1.68. The number of amides is 1. The summed E-state index contributed by atoms with van der Waals surface area (Å²) in [5.41, 5.74) is 0.774. The molecule has 0 bridgehead atoms. The Kier molecular flexibility index (Phi) is 4.07. The number of alkyl halides is 2. The molecule has 1 saturated heterocycles. The summed E-state index contributed by atoms with van der Waals surface area (Å²) in [6.45, 7) is -0.491. The predicted molar refractivity (Wildman–Crippen MR) is 80.3 cm³/mol. The first-order valence-corrected chi connectivity index (χ1v) is 7.64. The van der Waals surface area contributed by atoms with Crippen molar-refractivity contribution >= 4 is 34.0 Å². The normalized spacial score (nSPS) is 20.0. The summed E-state index contributed by atoms with van der Waals surface area (Å²) in [6.07, 6.45) is -0.515. The van der Waals surface area contributed by atoms with Crippen molar-refractivity contribution in [3.63, 3.8) is 0 Å². The van der Waals surface area contributed by atoms with Crippen LogP contribution in [0.2, 0.25) is 5.02 Å². The molecule has 2 N–H and O–H groups in total. The quantitative estimate of drug-likeness (QED) is 0.898. The van der Waals surface area contributed by atoms with Crippen LogP contribution in [0.15, 0.2) is 24.3 Å². The van der Waals surface area contributed by atoms with Gasteiger partial charge in [0.25, 0.3) is 5.92 Å². The van der Waals surface area contributed by atoms with E-state index in [0.29, 0.717) is 10.0 Å². The van der Waals surface area contributed by atoms with Gasteiger partial charge in [-0.2, -0.15) is 0 Å². The maximum atomic E-state index is 13.1. The van der Waals surface area contributed by atoms with Gasteiger partial charge < -0.3 is 0 Å². The van der Waals surface area contributed by atoms with Crippen molar-refractivity contribution in [1.29, 1.82) is 0 Å². The van der Waals surface area contributed by atoms with Crippen LogP contribution >= 0.6 is 22.9 Å². The van der Waals surface area contributed by atoms with E-state index in [1.54, 1.807) is 18.2 Å². The van der Waals surface area contributed by atoms with Crippen LogP contribution in [0, 0.1) is 0 Å². The Morgan fingerprint density at radius 3 is 2.95 bits per heavy atom. The molecule has 0 spiro atoms. The highest BCUT2D eigenvalue weighted by Crippen LogP contribution is 2.29. The first kappa shape index (κ1) is 15.3. The molecule has 1 amide bonds. The molecule has 3 rings (SSSR count). The standard InChI is InChI=1S/C13H11ClF2N4OS/c14-8-3-1-2-7(4-8)11-19-20-12(22-11)18-10(21)9-5-13(15,16)6-17-9/h1-4,9,17H,5-6H2,(H,18,20,21). The zero-order valence-electron chi connectivity index (χ0n) is 11.1. The zero-order valence-corrected chi connectivity index (χ0v) is 12.7. The number of nitrogens with zero attached hydrogens (tertiary/aromatic N) is 2. The van der Waals surface area contributed by atoms with E-state index in [4.69, 9.17) is 11.6 Å². The van der Waals surface area contributed by atoms with E-state index in [-0.39, 0.29) is 5.13 Å². The van der Waals surface area contributed by atoms with Gasteiger partial charge in [0.15, 0.2) is 0 Å². The Labute approximate surface area is 133 Å². The second kappa shape index (κ2) is 5.86. The summed E-state index contributed by atoms with van der Waals surface area (Å²) in [7, 11) is 0. The summed E-state index contributed by atoms with van der Waals surface area (Å²) in [4.78, 5) is 11.9. The number of rotatable bonds is 3. The minimum atomic E-state index is -2.85. The molecule has 2 aromatic rings. The maximum absolute atomic E-state index is 13.1. The molecule has 0 radical (unpaired) electrons. The van der Waals surface area contributed by atoms with E-state index >= 15 is 0 Å². The Morgan fingerprint density at radius 2 is 2.27 bits per heavy atom. The molecule has 1 aliphatic rings. The Hall–Kier alpha value is -1.64. The van der Waals surface area contributed by atoms with Gasteiger partial charge in [-0.3, -0.25) is 15.4 Å². The van der Waals surface area contributed by atoms with Crippen molar-refractivity contribution < 1.29 is 13.6 Å². The molecule has 1 aliphatic heterocycles. The number of hydrogen-bond acceptors (Lipinski definition) is 5. The third-order valence-electron chi connectivity index (χ3n) is 3.15. The third kappa shape index (κ3) is 3.40. The smallest absolute Gasteiger partial charge is 0.262 e. The van der Waals surface area contributed by atoms with Crippen molar-refractivity contribution in [3.8, 4) is 10.6 Å². The van der Waals surface area contributed by atoms with Crippen LogP contribution in [0.4, 0.5) is 13.9 Å². The number of carbonyl (C=O) groups is 1. The lowest BCUT2D eigenvalue weighted by atomic mass is 10.2. The molecule has 1 aromatic heterocycles. The number of halogens is 3. The molecule has 9 heteroatoms. The van der Waals surface area contributed by atoms with Crippen LogP contribution in [-0.2, 0) is 4.79 Å². The second-order valence-electron chi connectivity index (χ2n) is 4.91. The van der Waals surface area contributed by atoms with Gasteiger partial charge in [-0.25, -0.2) is 8.78 Å². The van der Waals surface area contributed by atoms with E-state index in [0.717, 1.165) is 16.9 Å². The van der Waals surface area contributed by atoms with Gasteiger partial charge in [0, 0.05) is 17.0 Å². The molecule has 0 aliphatic carbocycles. The molecule has 116 valence electrons. The minimum absolute atomic E-state index is 0.261. The van der Waals surface area contributed by atoms with Gasteiger partial charge in [-0.15, -0.1) is 10.2 Å². The van der Waals surface area contributed by atoms with Gasteiger partial charge in [0.1, 0.15) is 5.01 Å². The van der Waals surface area contributed by atoms with Crippen LogP contribution in [0.25, 0.3) is 10.6 Å². The molecule has 2 heterocycles. The fourth-order valence-corrected chi connectivity index (χ4v) is 3.04. The fourth-order valence-electron chi connectivity index (χ4n) is 2.11. The summed E-state index contributed by atoms with van der Waals surface area (Å²) in [6, 6.07) is 6.14. The van der Waals surface area contributed by atoms with Crippen LogP contribution in [-0.4, -0.2) is 34.6 Å². The summed E-state index contributed by atoms with van der Waals surface area (Å²) in [5, 5.41) is 14.2. The van der Waals surface area contributed by atoms with Crippen molar-refractivity contribution in [2.75, 3.05) is 11.9 Å². The zero-order chi connectivity index (χ0) is 15.7. The van der Waals surface area contributed by atoms with Gasteiger partial charge in [-0.1, -0.05) is 35.1 Å². The summed E-state index contributed by atoms with van der Waals surface area (Å²) >= 11 is 7.06. The summed E-state index contributed by atoms with van der Waals surface area (Å²) in [5.74, 6) is -3.39. The second-order valence-corrected chi connectivity index (χ2v) is 6.32. The monoisotopic (exact) mass is 344 g/mol. The number of hydrogen-bond donors (Lipinski definition) is 2. The lowest BCUT2D eigenvalue weighted by Gasteiger charge is -2.08. The third-order valence-corrected chi connectivity index (χ3v) is 4.28. The van der Waals surface area contributed by atoms with Crippen LogP contribution in [0.3, 0.4) is 0 Å². The number of benzene rings is 1. The van der Waals surface area contributed by atoms with E-state index in [1.165, 1.54) is 0 Å². The van der Waals surface area contributed by atoms with Crippen molar-refractivity contribution in [2.45, 2.75) is 18.4 Å². The molecule has 22 heavy (non-hydrogen) atoms. The van der Waals surface area contributed by atoms with E-state index in [2.05, 4.69) is 20.8 Å². The van der Waals surface area contributed by atoms with Gasteiger partial charge in [0.05, 0.1) is 12.6 Å². The maximum Gasteiger partial charge on any atom is 0.262 e. The van der Waals surface area contributed by atoms with Crippen molar-refractivity contribution in [1.82, 2.24) is 15.5 Å². The van der Waals surface area contributed by atoms with E-state index in [1.807, 2.05) is 6.07 Å². The van der Waals surface area contributed by atoms with Crippen LogP contribution in [0.5, 0.6) is 0 Å². The first-order chi connectivity index (χ1) is 10.4. The molecule has 1 aromatic carbocycles. The van der Waals surface area contributed by atoms with Crippen molar-refractivity contribution in [3.05, 3.63) is 29.3 Å². The highest BCUT2D eigenvalue weighted by Gasteiger charge is 2.42. The lowest BCUT2D eigenvalue weighted by molar-refractivity contribution is -0.118. The largest absolute Gasteiger partial charge is 0.300 e. The molecular weight excluding hydrogens is 334 g/mol. The van der Waals surface area contributed by atoms with Crippen molar-refractivity contribution in [2.24, 2.45) is 0 Å². The molecule has 5 nitrogen and oxygen atoms in total.